The Kier molecular flexibility index (Phi) is 5.21. The summed E-state index contributed by atoms with van der Waals surface area (Å²) in [5, 5.41) is 21.9. The molecular weight excluding hydrogens is 380 g/mol. The second kappa shape index (κ2) is 7.81. The van der Waals surface area contributed by atoms with Gasteiger partial charge in [-0.3, -0.25) is 4.79 Å². The van der Waals surface area contributed by atoms with Crippen LogP contribution in [0.25, 0.3) is 0 Å². The van der Waals surface area contributed by atoms with Crippen molar-refractivity contribution in [3.63, 3.8) is 0 Å². The Morgan fingerprint density at radius 2 is 1.59 bits per heavy atom. The van der Waals surface area contributed by atoms with Crippen LogP contribution in [0.2, 0.25) is 0 Å². The van der Waals surface area contributed by atoms with Crippen molar-refractivity contribution in [3.8, 4) is 23.0 Å². The van der Waals surface area contributed by atoms with Crippen LogP contribution in [0.15, 0.2) is 36.4 Å². The highest BCUT2D eigenvalue weighted by atomic mass is 16.7. The van der Waals surface area contributed by atoms with Crippen molar-refractivity contribution in [1.82, 2.24) is 0 Å². The van der Waals surface area contributed by atoms with Gasteiger partial charge in [0.2, 0.25) is 6.79 Å². The summed E-state index contributed by atoms with van der Waals surface area (Å²) in [5.74, 6) is -0.0535. The zero-order chi connectivity index (χ0) is 20.5. The molecule has 0 radical (unpaired) electrons. The van der Waals surface area contributed by atoms with Gasteiger partial charge in [0, 0.05) is 5.92 Å². The van der Waals surface area contributed by atoms with Crippen molar-refractivity contribution in [2.45, 2.75) is 12.2 Å². The van der Waals surface area contributed by atoms with Gasteiger partial charge in [0.15, 0.2) is 23.0 Å². The second-order valence-electron chi connectivity index (χ2n) is 6.94. The second-order valence-corrected chi connectivity index (χ2v) is 6.94. The molecule has 0 bridgehead atoms. The standard InChI is InChI=1S/C21H22O8/c1-25-14-5-3-11(7-16(14)26-2)19(22)13-9-27-21(24)18(13)20(23)12-4-6-15-17(8-12)29-10-28-15/h3-8,13,18-20,22-23H,9-10H2,1-2H3/t13-,18-,19-,20+/m1/s1. The molecule has 2 aliphatic heterocycles. The number of ether oxygens (including phenoxy) is 5. The molecule has 1 saturated heterocycles. The van der Waals surface area contributed by atoms with E-state index >= 15 is 0 Å². The van der Waals surface area contributed by atoms with Gasteiger partial charge in [0.25, 0.3) is 0 Å². The van der Waals surface area contributed by atoms with Crippen LogP contribution >= 0.6 is 0 Å². The average molecular weight is 402 g/mol. The lowest BCUT2D eigenvalue weighted by Crippen LogP contribution is -2.28. The number of hydrogen-bond donors (Lipinski definition) is 2. The smallest absolute Gasteiger partial charge is 0.312 e. The maximum Gasteiger partial charge on any atom is 0.312 e. The number of aliphatic hydroxyl groups is 2. The van der Waals surface area contributed by atoms with Crippen LogP contribution in [0.1, 0.15) is 23.3 Å². The number of methoxy groups -OCH3 is 2. The Hall–Kier alpha value is -2.97. The molecule has 1 fully saturated rings. The number of fused-ring (bicyclic) bond motifs is 1. The quantitative estimate of drug-likeness (QED) is 0.707. The van der Waals surface area contributed by atoms with Crippen LogP contribution < -0.4 is 18.9 Å². The maximum atomic E-state index is 12.4. The number of cyclic esters (lactones) is 1. The summed E-state index contributed by atoms with van der Waals surface area (Å²) >= 11 is 0. The van der Waals surface area contributed by atoms with Crippen LogP contribution in [0.4, 0.5) is 0 Å². The molecule has 0 aliphatic carbocycles. The zero-order valence-corrected chi connectivity index (χ0v) is 16.0. The van der Waals surface area contributed by atoms with Crippen molar-refractivity contribution >= 4 is 5.97 Å². The molecule has 8 heteroatoms. The molecule has 0 unspecified atom stereocenters. The van der Waals surface area contributed by atoms with E-state index in [1.54, 1.807) is 36.4 Å². The Morgan fingerprint density at radius 3 is 2.34 bits per heavy atom. The zero-order valence-electron chi connectivity index (χ0n) is 16.0. The summed E-state index contributed by atoms with van der Waals surface area (Å²) in [6, 6.07) is 10.0. The highest BCUT2D eigenvalue weighted by Crippen LogP contribution is 2.44. The molecule has 154 valence electrons. The van der Waals surface area contributed by atoms with E-state index in [9.17, 15) is 15.0 Å². The molecule has 0 spiro atoms. The third kappa shape index (κ3) is 3.45. The van der Waals surface area contributed by atoms with Crippen LogP contribution in [-0.4, -0.2) is 43.8 Å². The lowest BCUT2D eigenvalue weighted by Gasteiger charge is -2.25. The van der Waals surface area contributed by atoms with E-state index in [-0.39, 0.29) is 13.4 Å². The minimum Gasteiger partial charge on any atom is -0.493 e. The van der Waals surface area contributed by atoms with Gasteiger partial charge in [-0.1, -0.05) is 12.1 Å². The van der Waals surface area contributed by atoms with Gasteiger partial charge in [0.05, 0.1) is 39.0 Å². The van der Waals surface area contributed by atoms with Gasteiger partial charge >= 0.3 is 5.97 Å². The van der Waals surface area contributed by atoms with Crippen LogP contribution in [0.5, 0.6) is 23.0 Å². The number of benzene rings is 2. The number of carbonyl (C=O) groups is 1. The van der Waals surface area contributed by atoms with E-state index in [1.165, 1.54) is 14.2 Å². The van der Waals surface area contributed by atoms with Gasteiger partial charge in [-0.05, 0) is 35.4 Å². The fourth-order valence-corrected chi connectivity index (χ4v) is 3.79. The minimum absolute atomic E-state index is 0.000618. The minimum atomic E-state index is -1.17. The van der Waals surface area contributed by atoms with Crippen LogP contribution in [-0.2, 0) is 9.53 Å². The monoisotopic (exact) mass is 402 g/mol. The highest BCUT2D eigenvalue weighted by molar-refractivity contribution is 5.76. The first-order valence-electron chi connectivity index (χ1n) is 9.17. The number of hydrogen-bond acceptors (Lipinski definition) is 8. The molecule has 2 aromatic rings. The first-order valence-corrected chi connectivity index (χ1v) is 9.17. The van der Waals surface area contributed by atoms with E-state index in [1.807, 2.05) is 0 Å². The molecule has 2 heterocycles. The lowest BCUT2D eigenvalue weighted by atomic mass is 9.81. The van der Waals surface area contributed by atoms with E-state index in [4.69, 9.17) is 23.7 Å². The van der Waals surface area contributed by atoms with Crippen molar-refractivity contribution in [2.75, 3.05) is 27.6 Å². The van der Waals surface area contributed by atoms with Gasteiger partial charge in [-0.25, -0.2) is 0 Å². The van der Waals surface area contributed by atoms with Crippen molar-refractivity contribution in [2.24, 2.45) is 11.8 Å². The van der Waals surface area contributed by atoms with Gasteiger partial charge in [0.1, 0.15) is 0 Å². The summed E-state index contributed by atoms with van der Waals surface area (Å²) in [7, 11) is 3.03. The molecule has 8 nitrogen and oxygen atoms in total. The first kappa shape index (κ1) is 19.4. The molecule has 0 amide bonds. The Labute approximate surface area is 167 Å². The van der Waals surface area contributed by atoms with E-state index < -0.39 is 30.0 Å². The molecule has 4 rings (SSSR count). The molecule has 0 aromatic heterocycles. The van der Waals surface area contributed by atoms with Gasteiger partial charge in [-0.2, -0.15) is 0 Å². The van der Waals surface area contributed by atoms with Crippen molar-refractivity contribution in [1.29, 1.82) is 0 Å². The van der Waals surface area contributed by atoms with E-state index in [0.29, 0.717) is 34.1 Å². The van der Waals surface area contributed by atoms with Crippen LogP contribution in [0.3, 0.4) is 0 Å². The van der Waals surface area contributed by atoms with Crippen molar-refractivity contribution in [3.05, 3.63) is 47.5 Å². The Balaban J connectivity index is 1.61. The number of esters is 1. The average Bonchev–Trinajstić information content (AvgIpc) is 3.37. The fraction of sp³-hybridized carbons (Fsp3) is 0.381. The first-order chi connectivity index (χ1) is 14.0. The molecule has 2 aliphatic rings. The molecule has 2 aromatic carbocycles. The highest BCUT2D eigenvalue weighted by Gasteiger charge is 2.46. The third-order valence-electron chi connectivity index (χ3n) is 5.38. The summed E-state index contributed by atoms with van der Waals surface area (Å²) in [5.41, 5.74) is 1.02. The number of aliphatic hydroxyl groups excluding tert-OH is 2. The summed E-state index contributed by atoms with van der Waals surface area (Å²) in [4.78, 5) is 12.4. The number of rotatable bonds is 6. The SMILES string of the molecule is COc1ccc([C@@H](O)[C@@H]2COC(=O)[C@H]2[C@@H](O)c2ccc3c(c2)OCO3)cc1OC. The maximum absolute atomic E-state index is 12.4. The van der Waals surface area contributed by atoms with E-state index in [0.717, 1.165) is 0 Å². The molecule has 29 heavy (non-hydrogen) atoms. The Morgan fingerprint density at radius 1 is 0.897 bits per heavy atom. The predicted molar refractivity (Wildman–Crippen MR) is 100.0 cm³/mol. The summed E-state index contributed by atoms with van der Waals surface area (Å²) in [6.45, 7) is 0.113. The lowest BCUT2D eigenvalue weighted by molar-refractivity contribution is -0.144. The third-order valence-corrected chi connectivity index (χ3v) is 5.38. The molecule has 2 N–H and O–H groups in total. The Bertz CT molecular complexity index is 912. The largest absolute Gasteiger partial charge is 0.493 e. The fourth-order valence-electron chi connectivity index (χ4n) is 3.79. The number of carbonyl (C=O) groups excluding carboxylic acids is 1. The van der Waals surface area contributed by atoms with Gasteiger partial charge < -0.3 is 33.9 Å². The summed E-state index contributed by atoms with van der Waals surface area (Å²) in [6.07, 6.45) is -2.21. The van der Waals surface area contributed by atoms with Crippen molar-refractivity contribution < 1.29 is 38.7 Å². The van der Waals surface area contributed by atoms with E-state index in [2.05, 4.69) is 0 Å². The molecule has 0 saturated carbocycles. The molecular formula is C21H22O8. The summed E-state index contributed by atoms with van der Waals surface area (Å²) < 4.78 is 26.3. The van der Waals surface area contributed by atoms with Crippen LogP contribution in [0, 0.1) is 11.8 Å². The molecule has 4 atom stereocenters. The topological polar surface area (TPSA) is 104 Å². The van der Waals surface area contributed by atoms with Gasteiger partial charge in [-0.15, -0.1) is 0 Å². The predicted octanol–water partition coefficient (Wildman–Crippen LogP) is 1.99. The normalized spacial score (nSPS) is 22.1.